The lowest BCUT2D eigenvalue weighted by molar-refractivity contribution is 0.867. The Bertz CT molecular complexity index is 3850. The summed E-state index contributed by atoms with van der Waals surface area (Å²) in [6.45, 7) is 17.8. The largest absolute Gasteiger partial charge is 0.310 e. The van der Waals surface area contributed by atoms with Crippen LogP contribution >= 0.6 is 0 Å². The Labute approximate surface area is 461 Å². The van der Waals surface area contributed by atoms with Crippen molar-refractivity contribution < 1.29 is 0 Å². The lowest BCUT2D eigenvalue weighted by Crippen LogP contribution is -2.13. The molecule has 380 valence electrons. The predicted octanol–water partition coefficient (Wildman–Crippen LogP) is 22.2. The highest BCUT2D eigenvalue weighted by molar-refractivity contribution is 6.24. The van der Waals surface area contributed by atoms with Crippen molar-refractivity contribution in [1.29, 1.82) is 0 Å². The molecule has 12 aromatic carbocycles. The maximum absolute atomic E-state index is 2.48. The maximum Gasteiger partial charge on any atom is 0.0546 e. The lowest BCUT2D eigenvalue weighted by Gasteiger charge is -2.31. The van der Waals surface area contributed by atoms with E-state index in [1.165, 1.54) is 110 Å². The Morgan fingerprint density at radius 2 is 0.513 bits per heavy atom. The van der Waals surface area contributed by atoms with Gasteiger partial charge in [0.2, 0.25) is 0 Å². The summed E-state index contributed by atoms with van der Waals surface area (Å²) in [5.41, 5.74) is 24.1. The number of anilines is 6. The first kappa shape index (κ1) is 49.9. The third-order valence-electron chi connectivity index (χ3n) is 16.0. The summed E-state index contributed by atoms with van der Waals surface area (Å²) in [7, 11) is 0. The average Bonchev–Trinajstić information content (AvgIpc) is 3.64. The average molecular weight is 1010 g/mol. The van der Waals surface area contributed by atoms with Crippen molar-refractivity contribution in [2.45, 2.75) is 67.2 Å². The van der Waals surface area contributed by atoms with E-state index in [4.69, 9.17) is 0 Å². The van der Waals surface area contributed by atoms with Crippen LogP contribution in [0.4, 0.5) is 34.1 Å². The van der Waals surface area contributed by atoms with E-state index < -0.39 is 0 Å². The number of rotatable bonds is 12. The molecule has 0 aromatic heterocycles. The van der Waals surface area contributed by atoms with Crippen molar-refractivity contribution in [2.24, 2.45) is 0 Å². The molecule has 0 bridgehead atoms. The SMILES string of the molecule is Cc1ccc(N(c2ccc(-c3ccc(-c4ccc(C(C)C)cc4)cc3)cc2)c2cc3c4ccccc4c(N(c4ccc(-c5ccc(-c6ccc(C(C)C)cc6)cc5)cc4)c4ccc(C)cc4C)cc3c3ccccc23)c(C)c1. The van der Waals surface area contributed by atoms with Crippen molar-refractivity contribution in [2.75, 3.05) is 9.80 Å². The Morgan fingerprint density at radius 3 is 0.795 bits per heavy atom. The molecule has 0 heterocycles. The molecule has 0 saturated heterocycles. The molecular formula is C76H66N2. The van der Waals surface area contributed by atoms with Crippen molar-refractivity contribution >= 4 is 66.4 Å². The van der Waals surface area contributed by atoms with Crippen LogP contribution in [-0.4, -0.2) is 0 Å². The smallest absolute Gasteiger partial charge is 0.0546 e. The Balaban J connectivity index is 0.965. The van der Waals surface area contributed by atoms with Gasteiger partial charge in [0.1, 0.15) is 0 Å². The zero-order valence-corrected chi connectivity index (χ0v) is 46.1. The van der Waals surface area contributed by atoms with Crippen LogP contribution in [0.2, 0.25) is 0 Å². The lowest BCUT2D eigenvalue weighted by atomic mass is 9.93. The topological polar surface area (TPSA) is 6.48 Å². The van der Waals surface area contributed by atoms with Crippen LogP contribution in [-0.2, 0) is 0 Å². The van der Waals surface area contributed by atoms with Gasteiger partial charge in [-0.15, -0.1) is 0 Å². The number of hydrogen-bond acceptors (Lipinski definition) is 2. The minimum atomic E-state index is 0.514. The van der Waals surface area contributed by atoms with Gasteiger partial charge in [-0.3, -0.25) is 0 Å². The standard InChI is InChI=1S/C76H66N2/c1-49(2)55-19-23-57(24-20-55)59-27-31-61(32-28-59)63-35-39-65(40-36-63)77(73-43-17-51(5)45-53(73)7)75-47-71-68-14-10-12-16-70(68)76(48-72(71)67-13-9-11-15-69(67)75)78(74-44-18-52(6)46-54(74)8)66-41-37-64(38-42-66)62-33-29-60(30-34-62)58-25-21-56(22-26-58)50(3)4/h9-50H,1-8H3. The summed E-state index contributed by atoms with van der Waals surface area (Å²) < 4.78 is 0. The molecule has 0 fully saturated rings. The summed E-state index contributed by atoms with van der Waals surface area (Å²) in [5, 5.41) is 7.21. The first-order valence-electron chi connectivity index (χ1n) is 27.7. The second kappa shape index (κ2) is 20.9. The third-order valence-corrected chi connectivity index (χ3v) is 16.0. The van der Waals surface area contributed by atoms with Crippen LogP contribution in [0.3, 0.4) is 0 Å². The summed E-state index contributed by atoms with van der Waals surface area (Å²) in [6.07, 6.45) is 0. The van der Waals surface area contributed by atoms with Gasteiger partial charge in [-0.05, 0) is 176 Å². The van der Waals surface area contributed by atoms with E-state index in [0.717, 1.165) is 34.1 Å². The second-order valence-electron chi connectivity index (χ2n) is 22.0. The molecule has 0 aliphatic carbocycles. The molecule has 12 aromatic rings. The molecule has 2 nitrogen and oxygen atoms in total. The number of hydrogen-bond donors (Lipinski definition) is 0. The normalized spacial score (nSPS) is 11.6. The molecule has 0 spiro atoms. The molecule has 78 heavy (non-hydrogen) atoms. The van der Waals surface area contributed by atoms with Gasteiger partial charge in [-0.1, -0.05) is 233 Å². The zero-order chi connectivity index (χ0) is 53.6. The third kappa shape index (κ3) is 9.54. The fraction of sp³-hybridized carbons (Fsp3) is 0.132. The van der Waals surface area contributed by atoms with Gasteiger partial charge in [0.15, 0.2) is 0 Å². The highest BCUT2D eigenvalue weighted by Gasteiger charge is 2.24. The van der Waals surface area contributed by atoms with Gasteiger partial charge in [0, 0.05) is 33.5 Å². The highest BCUT2D eigenvalue weighted by atomic mass is 15.2. The van der Waals surface area contributed by atoms with Crippen LogP contribution in [0.25, 0.3) is 76.8 Å². The molecule has 2 heteroatoms. The Morgan fingerprint density at radius 1 is 0.244 bits per heavy atom. The Kier molecular flexibility index (Phi) is 13.3. The van der Waals surface area contributed by atoms with Gasteiger partial charge < -0.3 is 9.80 Å². The number of nitrogens with zero attached hydrogens (tertiary/aromatic N) is 2. The number of fused-ring (bicyclic) bond motifs is 5. The van der Waals surface area contributed by atoms with Crippen LogP contribution in [0.1, 0.15) is 72.9 Å². The Hall–Kier alpha value is -8.98. The molecule has 0 unspecified atom stereocenters. The van der Waals surface area contributed by atoms with Crippen molar-refractivity contribution in [3.63, 3.8) is 0 Å². The van der Waals surface area contributed by atoms with Crippen LogP contribution < -0.4 is 9.80 Å². The quantitative estimate of drug-likeness (QED) is 0.113. The van der Waals surface area contributed by atoms with Crippen molar-refractivity contribution in [3.8, 4) is 44.5 Å². The molecule has 0 saturated carbocycles. The van der Waals surface area contributed by atoms with Crippen molar-refractivity contribution in [3.05, 3.63) is 276 Å². The summed E-state index contributed by atoms with van der Waals surface area (Å²) in [4.78, 5) is 4.96. The van der Waals surface area contributed by atoms with E-state index in [2.05, 4.69) is 308 Å². The minimum absolute atomic E-state index is 0.514. The zero-order valence-electron chi connectivity index (χ0n) is 46.1. The molecule has 0 atom stereocenters. The van der Waals surface area contributed by atoms with Crippen molar-refractivity contribution in [1.82, 2.24) is 0 Å². The maximum atomic E-state index is 2.48. The fourth-order valence-corrected chi connectivity index (χ4v) is 11.6. The summed E-state index contributed by atoms with van der Waals surface area (Å²) >= 11 is 0. The summed E-state index contributed by atoms with van der Waals surface area (Å²) in [5.74, 6) is 1.03. The highest BCUT2D eigenvalue weighted by Crippen LogP contribution is 2.49. The van der Waals surface area contributed by atoms with E-state index in [0.29, 0.717) is 11.8 Å². The monoisotopic (exact) mass is 1010 g/mol. The molecule has 0 aliphatic heterocycles. The van der Waals surface area contributed by atoms with Crippen LogP contribution in [0, 0.1) is 27.7 Å². The number of benzene rings is 12. The van der Waals surface area contributed by atoms with E-state index >= 15 is 0 Å². The molecule has 0 N–H and O–H groups in total. The molecular weight excluding hydrogens is 941 g/mol. The van der Waals surface area contributed by atoms with E-state index in [-0.39, 0.29) is 0 Å². The van der Waals surface area contributed by atoms with E-state index in [9.17, 15) is 0 Å². The predicted molar refractivity (Wildman–Crippen MR) is 337 cm³/mol. The van der Waals surface area contributed by atoms with Gasteiger partial charge in [0.25, 0.3) is 0 Å². The van der Waals surface area contributed by atoms with E-state index in [1.54, 1.807) is 0 Å². The fourth-order valence-electron chi connectivity index (χ4n) is 11.6. The van der Waals surface area contributed by atoms with Gasteiger partial charge >= 0.3 is 0 Å². The first-order chi connectivity index (χ1) is 37.9. The molecule has 0 amide bonds. The molecule has 12 rings (SSSR count). The summed E-state index contributed by atoms with van der Waals surface area (Å²) in [6, 6.07) is 90.8. The minimum Gasteiger partial charge on any atom is -0.310 e. The van der Waals surface area contributed by atoms with Gasteiger partial charge in [0.05, 0.1) is 11.4 Å². The molecule has 0 aliphatic rings. The first-order valence-corrected chi connectivity index (χ1v) is 27.7. The van der Waals surface area contributed by atoms with Gasteiger partial charge in [-0.25, -0.2) is 0 Å². The van der Waals surface area contributed by atoms with Crippen LogP contribution in [0.15, 0.2) is 243 Å². The second-order valence-corrected chi connectivity index (χ2v) is 22.0. The molecule has 0 radical (unpaired) electrons. The van der Waals surface area contributed by atoms with Crippen LogP contribution in [0.5, 0.6) is 0 Å². The number of aryl methyl sites for hydroxylation is 4. The van der Waals surface area contributed by atoms with Gasteiger partial charge in [-0.2, -0.15) is 0 Å². The van der Waals surface area contributed by atoms with E-state index in [1.807, 2.05) is 0 Å².